The molecule has 0 N–H and O–H groups in total. The van der Waals surface area contributed by atoms with Crippen molar-refractivity contribution < 1.29 is 4.79 Å². The van der Waals surface area contributed by atoms with E-state index in [4.69, 9.17) is 0 Å². The molecule has 0 aromatic rings. The van der Waals surface area contributed by atoms with Crippen molar-refractivity contribution in [1.29, 1.82) is 0 Å². The molecule has 0 bridgehead atoms. The molecule has 0 spiro atoms. The van der Waals surface area contributed by atoms with Gasteiger partial charge in [-0.15, -0.1) is 0 Å². The molecule has 1 heteroatoms. The third kappa shape index (κ3) is 25.4. The Hall–Kier alpha value is -0.590. The van der Waals surface area contributed by atoms with E-state index in [1.807, 2.05) is 0 Å². The molecule has 0 radical (unpaired) electrons. The van der Waals surface area contributed by atoms with Gasteiger partial charge in [0.2, 0.25) is 0 Å². The maximum Gasteiger partial charge on any atom is 0.119 e. The van der Waals surface area contributed by atoms with E-state index in [0.29, 0.717) is 0 Å². The van der Waals surface area contributed by atoms with Crippen LogP contribution in [0.3, 0.4) is 0 Å². The first-order chi connectivity index (χ1) is 13.4. The van der Waals surface area contributed by atoms with Gasteiger partial charge in [-0.3, -0.25) is 0 Å². The quantitative estimate of drug-likeness (QED) is 0.0982. The molecule has 0 aliphatic rings. The zero-order valence-electron chi connectivity index (χ0n) is 18.7. The molecule has 0 aliphatic carbocycles. The van der Waals surface area contributed by atoms with Crippen molar-refractivity contribution in [1.82, 2.24) is 0 Å². The molecule has 0 saturated heterocycles. The van der Waals surface area contributed by atoms with Gasteiger partial charge in [0.1, 0.15) is 6.29 Å². The summed E-state index contributed by atoms with van der Waals surface area (Å²) in [5, 5.41) is 0. The van der Waals surface area contributed by atoms with Crippen LogP contribution in [0.2, 0.25) is 0 Å². The average molecular weight is 379 g/mol. The lowest BCUT2D eigenvalue weighted by Gasteiger charge is -2.03. The maximum atomic E-state index is 10.2. The Balaban J connectivity index is 3.02. The zero-order valence-corrected chi connectivity index (χ0v) is 18.7. The number of hydrogen-bond acceptors (Lipinski definition) is 1. The lowest BCUT2D eigenvalue weighted by Crippen LogP contribution is -1.84. The highest BCUT2D eigenvalue weighted by Crippen LogP contribution is 2.14. The van der Waals surface area contributed by atoms with Gasteiger partial charge >= 0.3 is 0 Å². The van der Waals surface area contributed by atoms with Gasteiger partial charge < -0.3 is 4.79 Å². The molecule has 0 unspecified atom stereocenters. The minimum atomic E-state index is 0.760. The summed E-state index contributed by atoms with van der Waals surface area (Å²) in [5.41, 5.74) is 0. The fourth-order valence-corrected chi connectivity index (χ4v) is 3.71. The van der Waals surface area contributed by atoms with Crippen LogP contribution in [-0.4, -0.2) is 6.29 Å². The topological polar surface area (TPSA) is 17.1 Å². The molecule has 27 heavy (non-hydrogen) atoms. The Morgan fingerprint density at radius 2 is 0.704 bits per heavy atom. The van der Waals surface area contributed by atoms with Crippen LogP contribution < -0.4 is 0 Å². The van der Waals surface area contributed by atoms with Crippen LogP contribution in [0.25, 0.3) is 0 Å². The summed E-state index contributed by atoms with van der Waals surface area (Å²) >= 11 is 0. The van der Waals surface area contributed by atoms with Crippen molar-refractivity contribution in [2.75, 3.05) is 0 Å². The smallest absolute Gasteiger partial charge is 0.119 e. The molecular formula is C26H50O. The van der Waals surface area contributed by atoms with Crippen LogP contribution in [0, 0.1) is 0 Å². The number of carbonyl (C=O) groups excluding carboxylic acids is 1. The minimum absolute atomic E-state index is 0.760. The largest absolute Gasteiger partial charge is 0.303 e. The lowest BCUT2D eigenvalue weighted by molar-refractivity contribution is -0.107. The number of allylic oxidation sites excluding steroid dienone is 2. The van der Waals surface area contributed by atoms with Crippen LogP contribution >= 0.6 is 0 Å². The van der Waals surface area contributed by atoms with Crippen molar-refractivity contribution in [3.8, 4) is 0 Å². The number of aldehydes is 1. The van der Waals surface area contributed by atoms with Gasteiger partial charge in [0, 0.05) is 6.42 Å². The fourth-order valence-electron chi connectivity index (χ4n) is 3.71. The van der Waals surface area contributed by atoms with Crippen LogP contribution in [0.1, 0.15) is 148 Å². The highest BCUT2D eigenvalue weighted by molar-refractivity contribution is 5.48. The van der Waals surface area contributed by atoms with Crippen LogP contribution in [0.4, 0.5) is 0 Å². The summed E-state index contributed by atoms with van der Waals surface area (Å²) in [7, 11) is 0. The van der Waals surface area contributed by atoms with Crippen LogP contribution in [-0.2, 0) is 4.79 Å². The molecule has 0 aromatic carbocycles. The third-order valence-electron chi connectivity index (χ3n) is 5.58. The van der Waals surface area contributed by atoms with Crippen molar-refractivity contribution in [3.63, 3.8) is 0 Å². The van der Waals surface area contributed by atoms with E-state index in [9.17, 15) is 4.79 Å². The highest BCUT2D eigenvalue weighted by Gasteiger charge is 1.95. The third-order valence-corrected chi connectivity index (χ3v) is 5.58. The molecule has 0 rings (SSSR count). The van der Waals surface area contributed by atoms with E-state index >= 15 is 0 Å². The second kappa shape index (κ2) is 25.4. The van der Waals surface area contributed by atoms with E-state index in [1.165, 1.54) is 128 Å². The molecule has 0 amide bonds. The van der Waals surface area contributed by atoms with Gasteiger partial charge in [0.15, 0.2) is 0 Å². The summed E-state index contributed by atoms with van der Waals surface area (Å²) in [4.78, 5) is 10.2. The molecule has 0 heterocycles. The predicted octanol–water partition coefficient (Wildman–Crippen LogP) is 9.34. The second-order valence-electron chi connectivity index (χ2n) is 8.37. The van der Waals surface area contributed by atoms with Crippen molar-refractivity contribution in [3.05, 3.63) is 12.2 Å². The van der Waals surface area contributed by atoms with Gasteiger partial charge in [-0.1, -0.05) is 122 Å². The van der Waals surface area contributed by atoms with Crippen molar-refractivity contribution >= 4 is 6.29 Å². The fraction of sp³-hybridized carbons (Fsp3) is 0.885. The Morgan fingerprint density at radius 1 is 0.407 bits per heavy atom. The zero-order chi connectivity index (χ0) is 19.7. The molecule has 160 valence electrons. The van der Waals surface area contributed by atoms with E-state index in [2.05, 4.69) is 19.1 Å². The summed E-state index contributed by atoms with van der Waals surface area (Å²) < 4.78 is 0. The first-order valence-electron chi connectivity index (χ1n) is 12.5. The first-order valence-corrected chi connectivity index (χ1v) is 12.5. The molecule has 0 fully saturated rings. The Bertz CT molecular complexity index is 295. The summed E-state index contributed by atoms with van der Waals surface area (Å²) in [6.45, 7) is 2.27. The highest BCUT2D eigenvalue weighted by atomic mass is 16.1. The van der Waals surface area contributed by atoms with Crippen molar-refractivity contribution in [2.45, 2.75) is 148 Å². The molecule has 0 aliphatic heterocycles. The number of rotatable bonds is 23. The second-order valence-corrected chi connectivity index (χ2v) is 8.37. The number of unbranched alkanes of at least 4 members (excludes halogenated alkanes) is 20. The minimum Gasteiger partial charge on any atom is -0.303 e. The number of carbonyl (C=O) groups is 1. The van der Waals surface area contributed by atoms with Gasteiger partial charge in [0.25, 0.3) is 0 Å². The van der Waals surface area contributed by atoms with E-state index < -0.39 is 0 Å². The molecular weight excluding hydrogens is 328 g/mol. The lowest BCUT2D eigenvalue weighted by atomic mass is 10.0. The Morgan fingerprint density at radius 3 is 1.04 bits per heavy atom. The monoisotopic (exact) mass is 378 g/mol. The maximum absolute atomic E-state index is 10.2. The molecule has 0 atom stereocenters. The summed E-state index contributed by atoms with van der Waals surface area (Å²) in [6, 6.07) is 0. The predicted molar refractivity (Wildman–Crippen MR) is 122 cm³/mol. The van der Waals surface area contributed by atoms with Gasteiger partial charge in [-0.2, -0.15) is 0 Å². The van der Waals surface area contributed by atoms with E-state index in [0.717, 1.165) is 19.1 Å². The standard InChI is InChI=1S/C26H50O/c1-2-3-4-5-6-7-8-9-10-11-12-13-14-15-16-17-18-19-20-21-22-23-24-25-26-27/h6-7,26H,2-5,8-25H2,1H3/b7-6+. The van der Waals surface area contributed by atoms with Crippen LogP contribution in [0.5, 0.6) is 0 Å². The SMILES string of the molecule is CCCCC/C=C/CCCCCCCCCCCCCCCCCCC=O. The summed E-state index contributed by atoms with van der Waals surface area (Å²) in [6.07, 6.45) is 35.5. The first kappa shape index (κ1) is 26.4. The van der Waals surface area contributed by atoms with Crippen molar-refractivity contribution in [2.24, 2.45) is 0 Å². The van der Waals surface area contributed by atoms with Crippen LogP contribution in [0.15, 0.2) is 12.2 Å². The summed E-state index contributed by atoms with van der Waals surface area (Å²) in [5.74, 6) is 0. The molecule has 0 saturated carbocycles. The van der Waals surface area contributed by atoms with Gasteiger partial charge in [-0.25, -0.2) is 0 Å². The normalized spacial score (nSPS) is 11.4. The Kier molecular flexibility index (Phi) is 24.9. The van der Waals surface area contributed by atoms with Gasteiger partial charge in [-0.05, 0) is 32.1 Å². The van der Waals surface area contributed by atoms with E-state index in [1.54, 1.807) is 0 Å². The molecule has 0 aromatic heterocycles. The molecule has 1 nitrogen and oxygen atoms in total. The Labute approximate surface area is 171 Å². The van der Waals surface area contributed by atoms with Gasteiger partial charge in [0.05, 0.1) is 0 Å². The van der Waals surface area contributed by atoms with E-state index in [-0.39, 0.29) is 0 Å². The average Bonchev–Trinajstić information content (AvgIpc) is 2.68. The number of hydrogen-bond donors (Lipinski definition) is 0.